The number of guanidine groups is 1. The van der Waals surface area contributed by atoms with E-state index in [1.807, 2.05) is 19.9 Å². The molecule has 0 aliphatic carbocycles. The van der Waals surface area contributed by atoms with E-state index in [1.54, 1.807) is 21.3 Å². The van der Waals surface area contributed by atoms with Gasteiger partial charge < -0.3 is 20.1 Å². The van der Waals surface area contributed by atoms with Crippen LogP contribution in [0, 0.1) is 13.8 Å². The molecule has 2 aromatic carbocycles. The Bertz CT molecular complexity index is 763. The molecule has 148 valence electrons. The molecule has 0 bridgehead atoms. The molecule has 0 aliphatic heterocycles. The van der Waals surface area contributed by atoms with Crippen LogP contribution < -0.4 is 20.1 Å². The van der Waals surface area contributed by atoms with Crippen LogP contribution in [0.2, 0.25) is 0 Å². The zero-order valence-corrected chi connectivity index (χ0v) is 19.1. The first-order valence-electron chi connectivity index (χ1n) is 8.79. The Morgan fingerprint density at radius 2 is 1.44 bits per heavy atom. The highest BCUT2D eigenvalue weighted by atomic mass is 127. The summed E-state index contributed by atoms with van der Waals surface area (Å²) in [6.45, 7) is 5.57. The average molecular weight is 483 g/mol. The van der Waals surface area contributed by atoms with Crippen LogP contribution in [-0.2, 0) is 13.0 Å². The van der Waals surface area contributed by atoms with Gasteiger partial charge in [-0.15, -0.1) is 24.0 Å². The van der Waals surface area contributed by atoms with Crippen molar-refractivity contribution in [2.75, 3.05) is 27.8 Å². The van der Waals surface area contributed by atoms with Gasteiger partial charge in [0.2, 0.25) is 0 Å². The highest BCUT2D eigenvalue weighted by Gasteiger charge is 2.04. The largest absolute Gasteiger partial charge is 0.496 e. The van der Waals surface area contributed by atoms with Crippen LogP contribution in [0.25, 0.3) is 0 Å². The van der Waals surface area contributed by atoms with Crippen LogP contribution in [0.15, 0.2) is 41.4 Å². The lowest BCUT2D eigenvalue weighted by Crippen LogP contribution is -2.37. The molecule has 0 aromatic heterocycles. The second-order valence-electron chi connectivity index (χ2n) is 6.21. The Morgan fingerprint density at radius 1 is 0.889 bits per heavy atom. The van der Waals surface area contributed by atoms with Gasteiger partial charge in [-0.3, -0.25) is 4.99 Å². The standard InChI is InChI=1S/C21H29N3O2.HI/c1-15-6-8-17(12-19(15)25-4)10-11-23-21(22-3)24-14-18-9-7-16(2)20(13-18)26-5;/h6-9,12-13H,10-11,14H2,1-5H3,(H2,22,23,24);1H. The number of hydrogen-bond donors (Lipinski definition) is 2. The van der Waals surface area contributed by atoms with E-state index in [-0.39, 0.29) is 24.0 Å². The predicted molar refractivity (Wildman–Crippen MR) is 123 cm³/mol. The zero-order chi connectivity index (χ0) is 18.9. The smallest absolute Gasteiger partial charge is 0.191 e. The second kappa shape index (κ2) is 11.7. The van der Waals surface area contributed by atoms with Gasteiger partial charge in [0.1, 0.15) is 11.5 Å². The summed E-state index contributed by atoms with van der Waals surface area (Å²) in [5.41, 5.74) is 4.67. The number of halogens is 1. The van der Waals surface area contributed by atoms with Crippen molar-refractivity contribution in [3.05, 3.63) is 58.7 Å². The molecule has 6 heteroatoms. The Morgan fingerprint density at radius 3 is 2.00 bits per heavy atom. The molecule has 0 fully saturated rings. The minimum absolute atomic E-state index is 0. The molecule has 0 spiro atoms. The number of nitrogens with zero attached hydrogens (tertiary/aromatic N) is 1. The first-order valence-corrected chi connectivity index (χ1v) is 8.79. The normalized spacial score (nSPS) is 10.8. The van der Waals surface area contributed by atoms with Crippen LogP contribution in [0.3, 0.4) is 0 Å². The van der Waals surface area contributed by atoms with Crippen molar-refractivity contribution in [3.8, 4) is 11.5 Å². The topological polar surface area (TPSA) is 54.9 Å². The van der Waals surface area contributed by atoms with Crippen LogP contribution in [-0.4, -0.2) is 33.8 Å². The molecule has 0 saturated heterocycles. The first kappa shape index (κ1) is 23.1. The Kier molecular flexibility index (Phi) is 9.99. The molecule has 0 amide bonds. The maximum atomic E-state index is 5.38. The highest BCUT2D eigenvalue weighted by Crippen LogP contribution is 2.19. The van der Waals surface area contributed by atoms with E-state index >= 15 is 0 Å². The van der Waals surface area contributed by atoms with Crippen molar-refractivity contribution in [2.24, 2.45) is 4.99 Å². The fraction of sp³-hybridized carbons (Fsp3) is 0.381. The molecule has 0 saturated carbocycles. The number of hydrogen-bond acceptors (Lipinski definition) is 3. The molecule has 2 rings (SSSR count). The molecule has 2 aromatic rings. The van der Waals surface area contributed by atoms with Gasteiger partial charge in [0.15, 0.2) is 5.96 Å². The summed E-state index contributed by atoms with van der Waals surface area (Å²) in [5.74, 6) is 2.61. The van der Waals surface area contributed by atoms with Gasteiger partial charge in [0.25, 0.3) is 0 Å². The van der Waals surface area contributed by atoms with Crippen molar-refractivity contribution >= 4 is 29.9 Å². The Hall–Kier alpha value is -1.96. The summed E-state index contributed by atoms with van der Waals surface area (Å²) in [5, 5.41) is 6.68. The van der Waals surface area contributed by atoms with Crippen LogP contribution in [0.5, 0.6) is 11.5 Å². The third kappa shape index (κ3) is 6.93. The van der Waals surface area contributed by atoms with Crippen LogP contribution in [0.4, 0.5) is 0 Å². The van der Waals surface area contributed by atoms with Crippen LogP contribution in [0.1, 0.15) is 22.3 Å². The SMILES string of the molecule is CN=C(NCCc1ccc(C)c(OC)c1)NCc1ccc(C)c(OC)c1.I. The van der Waals surface area contributed by atoms with Gasteiger partial charge in [-0.2, -0.15) is 0 Å². The summed E-state index contributed by atoms with van der Waals surface area (Å²) in [6.07, 6.45) is 0.899. The molecule has 0 unspecified atom stereocenters. The van der Waals surface area contributed by atoms with Crippen molar-refractivity contribution in [2.45, 2.75) is 26.8 Å². The lowest BCUT2D eigenvalue weighted by Gasteiger charge is -2.13. The fourth-order valence-electron chi connectivity index (χ4n) is 2.73. The minimum Gasteiger partial charge on any atom is -0.496 e. The maximum Gasteiger partial charge on any atom is 0.191 e. The van der Waals surface area contributed by atoms with E-state index < -0.39 is 0 Å². The molecule has 0 radical (unpaired) electrons. The van der Waals surface area contributed by atoms with E-state index in [9.17, 15) is 0 Å². The number of aliphatic imine (C=N–C) groups is 1. The molecule has 27 heavy (non-hydrogen) atoms. The van der Waals surface area contributed by atoms with Gasteiger partial charge >= 0.3 is 0 Å². The van der Waals surface area contributed by atoms with Crippen molar-refractivity contribution in [1.29, 1.82) is 0 Å². The summed E-state index contributed by atoms with van der Waals surface area (Å²) in [4.78, 5) is 4.28. The molecule has 5 nitrogen and oxygen atoms in total. The number of methoxy groups -OCH3 is 2. The third-order valence-electron chi connectivity index (χ3n) is 4.33. The van der Waals surface area contributed by atoms with Gasteiger partial charge in [-0.05, 0) is 54.7 Å². The van der Waals surface area contributed by atoms with Gasteiger partial charge in [0.05, 0.1) is 14.2 Å². The van der Waals surface area contributed by atoms with Gasteiger partial charge in [-0.1, -0.05) is 24.3 Å². The summed E-state index contributed by atoms with van der Waals surface area (Å²) >= 11 is 0. The number of rotatable bonds is 7. The number of benzene rings is 2. The monoisotopic (exact) mass is 483 g/mol. The molecule has 0 heterocycles. The molecular weight excluding hydrogens is 453 g/mol. The summed E-state index contributed by atoms with van der Waals surface area (Å²) < 4.78 is 10.8. The van der Waals surface area contributed by atoms with E-state index in [0.717, 1.165) is 47.1 Å². The lowest BCUT2D eigenvalue weighted by molar-refractivity contribution is 0.411. The summed E-state index contributed by atoms with van der Waals surface area (Å²) in [6, 6.07) is 12.5. The molecular formula is C21H30IN3O2. The first-order chi connectivity index (χ1) is 12.6. The number of ether oxygens (including phenoxy) is 2. The van der Waals surface area contributed by atoms with Crippen LogP contribution >= 0.6 is 24.0 Å². The molecule has 2 N–H and O–H groups in total. The Labute approximate surface area is 179 Å². The number of nitrogens with one attached hydrogen (secondary N) is 2. The average Bonchev–Trinajstić information content (AvgIpc) is 2.66. The predicted octanol–water partition coefficient (Wildman–Crippen LogP) is 3.85. The molecule has 0 aliphatic rings. The van der Waals surface area contributed by atoms with E-state index in [0.29, 0.717) is 6.54 Å². The van der Waals surface area contributed by atoms with Crippen molar-refractivity contribution < 1.29 is 9.47 Å². The second-order valence-corrected chi connectivity index (χ2v) is 6.21. The number of aryl methyl sites for hydroxylation is 2. The third-order valence-corrected chi connectivity index (χ3v) is 4.33. The summed E-state index contributed by atoms with van der Waals surface area (Å²) in [7, 11) is 5.18. The van der Waals surface area contributed by atoms with E-state index in [2.05, 4.69) is 46.0 Å². The highest BCUT2D eigenvalue weighted by molar-refractivity contribution is 14.0. The minimum atomic E-state index is 0. The van der Waals surface area contributed by atoms with Gasteiger partial charge in [-0.25, -0.2) is 0 Å². The Balaban J connectivity index is 0.00000364. The van der Waals surface area contributed by atoms with Crippen molar-refractivity contribution in [1.82, 2.24) is 10.6 Å². The fourth-order valence-corrected chi connectivity index (χ4v) is 2.73. The van der Waals surface area contributed by atoms with Gasteiger partial charge in [0, 0.05) is 20.1 Å². The quantitative estimate of drug-likeness (QED) is 0.357. The molecule has 0 atom stereocenters. The zero-order valence-electron chi connectivity index (χ0n) is 16.8. The van der Waals surface area contributed by atoms with E-state index in [4.69, 9.17) is 9.47 Å². The van der Waals surface area contributed by atoms with E-state index in [1.165, 1.54) is 5.56 Å². The lowest BCUT2D eigenvalue weighted by atomic mass is 10.1. The maximum absolute atomic E-state index is 5.38. The van der Waals surface area contributed by atoms with Crippen molar-refractivity contribution in [3.63, 3.8) is 0 Å².